The summed E-state index contributed by atoms with van der Waals surface area (Å²) in [6.45, 7) is 6.33. The Morgan fingerprint density at radius 2 is 1.77 bits per heavy atom. The van der Waals surface area contributed by atoms with Crippen molar-refractivity contribution in [2.24, 2.45) is 11.8 Å². The predicted molar refractivity (Wildman–Crippen MR) is 79.8 cm³/mol. The fourth-order valence-corrected chi connectivity index (χ4v) is 5.13. The third kappa shape index (κ3) is 1.96. The van der Waals surface area contributed by atoms with E-state index in [1.807, 2.05) is 0 Å². The second-order valence-electron chi connectivity index (χ2n) is 7.51. The summed E-state index contributed by atoms with van der Waals surface area (Å²) in [6, 6.07) is 0. The summed E-state index contributed by atoms with van der Waals surface area (Å²) in [6.07, 6.45) is 2.32. The number of ether oxygens (including phenoxy) is 5. The van der Waals surface area contributed by atoms with Crippen molar-refractivity contribution in [3.8, 4) is 0 Å². The average molecular weight is 314 g/mol. The molecule has 0 aromatic carbocycles. The van der Waals surface area contributed by atoms with Gasteiger partial charge in [0.15, 0.2) is 0 Å². The maximum absolute atomic E-state index is 7.90. The van der Waals surface area contributed by atoms with E-state index >= 15 is 0 Å². The van der Waals surface area contributed by atoms with E-state index in [9.17, 15) is 0 Å². The molecule has 4 fully saturated rings. The van der Waals surface area contributed by atoms with Crippen LogP contribution in [0, 0.1) is 11.8 Å². The molecule has 8 unspecified atom stereocenters. The van der Waals surface area contributed by atoms with E-state index in [1.165, 1.54) is 0 Å². The first-order chi connectivity index (χ1) is 11.1. The molecule has 4 aliphatic rings. The minimum Gasteiger partial charge on any atom is -0.382 e. The van der Waals surface area contributed by atoms with Crippen LogP contribution in [0.5, 0.6) is 0 Å². The van der Waals surface area contributed by atoms with Crippen LogP contribution in [0.25, 0.3) is 0 Å². The Labute approximate surface area is 134 Å². The summed E-state index contributed by atoms with van der Waals surface area (Å²) in [5.41, 5.74) is -0.597. The highest BCUT2D eigenvalue weighted by molar-refractivity contribution is 5.09. The molecule has 0 aromatic rings. The molecule has 0 amide bonds. The molecule has 0 aliphatic carbocycles. The number of hydrogen-bond donors (Lipinski definition) is 0. The molecule has 0 saturated carbocycles. The highest BCUT2D eigenvalue weighted by atomic mass is 16.6. The van der Waals surface area contributed by atoms with Crippen LogP contribution in [0.2, 0.25) is 0 Å². The smallest absolute Gasteiger partial charge is 0.120 e. The fourth-order valence-electron chi connectivity index (χ4n) is 5.13. The van der Waals surface area contributed by atoms with Crippen molar-refractivity contribution >= 4 is 0 Å². The predicted octanol–water partition coefficient (Wildman–Crippen LogP) is 1.78. The molecule has 126 valence electrons. The van der Waals surface area contributed by atoms with Gasteiger partial charge in [-0.2, -0.15) is 0 Å². The highest BCUT2D eigenvalue weighted by Gasteiger charge is 2.62. The van der Waals surface area contributed by atoms with Crippen molar-refractivity contribution in [2.45, 2.75) is 69.2 Å². The summed E-state index contributed by atoms with van der Waals surface area (Å²) in [4.78, 5) is 0. The molecule has 4 saturated heterocycles. The van der Waals surface area contributed by atoms with Crippen LogP contribution in [0.15, 0.2) is 0 Å². The third-order valence-corrected chi connectivity index (χ3v) is 6.22. The van der Waals surface area contributed by atoms with Gasteiger partial charge in [0, 0.05) is 20.3 Å². The second kappa shape index (κ2) is 5.15. The van der Waals surface area contributed by atoms with Crippen LogP contribution in [-0.4, -0.2) is 62.5 Å². The topological polar surface area (TPSA) is 46.2 Å². The van der Waals surface area contributed by atoms with Crippen molar-refractivity contribution in [3.05, 3.63) is 0 Å². The summed E-state index contributed by atoms with van der Waals surface area (Å²) in [5, 5.41) is 0. The zero-order chi connectivity index (χ0) is 16.2. The van der Waals surface area contributed by atoms with Gasteiger partial charge < -0.3 is 23.7 Å². The van der Waals surface area contributed by atoms with Gasteiger partial charge in [-0.25, -0.2) is 0 Å². The van der Waals surface area contributed by atoms with Gasteiger partial charge in [0.25, 0.3) is 0 Å². The summed E-state index contributed by atoms with van der Waals surface area (Å²) in [5.74, 6) is 0.519. The molecule has 0 aromatic heterocycles. The summed E-state index contributed by atoms with van der Waals surface area (Å²) < 4.78 is 37.7. The normalized spacial score (nSPS) is 56.8. The molecule has 0 N–H and O–H groups in total. The minimum atomic E-state index is -0.310. The Morgan fingerprint density at radius 1 is 1.09 bits per heavy atom. The van der Waals surface area contributed by atoms with Gasteiger partial charge in [-0.3, -0.25) is 0 Å². The van der Waals surface area contributed by atoms with Crippen LogP contribution in [0.1, 0.15) is 35.0 Å². The lowest BCUT2D eigenvalue weighted by molar-refractivity contribution is -0.158. The van der Waals surface area contributed by atoms with Crippen LogP contribution >= 0.6 is 0 Å². The maximum Gasteiger partial charge on any atom is 0.120 e. The van der Waals surface area contributed by atoms with Crippen LogP contribution in [0.3, 0.4) is 0 Å². The second-order valence-corrected chi connectivity index (χ2v) is 7.51. The molecule has 0 spiro atoms. The fraction of sp³-hybridized carbons (Fsp3) is 1.00. The van der Waals surface area contributed by atoms with E-state index in [0.717, 1.165) is 12.8 Å². The Hall–Kier alpha value is -0.200. The molecule has 8 atom stereocenters. The van der Waals surface area contributed by atoms with E-state index in [2.05, 4.69) is 13.8 Å². The molecular formula is C17H28O5. The van der Waals surface area contributed by atoms with Gasteiger partial charge >= 0.3 is 0 Å². The molecular weight excluding hydrogens is 284 g/mol. The summed E-state index contributed by atoms with van der Waals surface area (Å²) in [7, 11) is 1.72. The first-order valence-corrected chi connectivity index (χ1v) is 8.42. The van der Waals surface area contributed by atoms with Crippen molar-refractivity contribution in [1.29, 1.82) is 0 Å². The van der Waals surface area contributed by atoms with Gasteiger partial charge in [-0.1, -0.05) is 6.90 Å². The molecule has 4 rings (SSSR count). The molecule has 0 radical (unpaired) electrons. The molecule has 4 heterocycles. The van der Waals surface area contributed by atoms with Crippen molar-refractivity contribution in [2.75, 3.05) is 26.9 Å². The quantitative estimate of drug-likeness (QED) is 0.774. The monoisotopic (exact) mass is 314 g/mol. The van der Waals surface area contributed by atoms with Crippen LogP contribution in [0.4, 0.5) is 0 Å². The lowest BCUT2D eigenvalue weighted by Crippen LogP contribution is -2.44. The first-order valence-electron chi connectivity index (χ1n) is 9.13. The maximum atomic E-state index is 7.90. The average Bonchev–Trinajstić information content (AvgIpc) is 3.18. The number of hydrogen-bond acceptors (Lipinski definition) is 5. The Bertz CT molecular complexity index is 462. The summed E-state index contributed by atoms with van der Waals surface area (Å²) >= 11 is 0. The van der Waals surface area contributed by atoms with Crippen molar-refractivity contribution in [1.82, 2.24) is 0 Å². The molecule has 22 heavy (non-hydrogen) atoms. The molecule has 4 bridgehead atoms. The van der Waals surface area contributed by atoms with Gasteiger partial charge in [0.05, 0.1) is 49.8 Å². The SMILES string of the molecule is [3H]CC1C2OCC1(CCC1C3OCC1(COC)OC3C)OC2C. The highest BCUT2D eigenvalue weighted by Crippen LogP contribution is 2.51. The largest absolute Gasteiger partial charge is 0.382 e. The van der Waals surface area contributed by atoms with Crippen LogP contribution in [-0.2, 0) is 23.7 Å². The number of methoxy groups -OCH3 is 1. The minimum absolute atomic E-state index is 0.0900. The molecule has 4 aliphatic heterocycles. The van der Waals surface area contributed by atoms with E-state index in [-0.39, 0.29) is 41.5 Å². The van der Waals surface area contributed by atoms with E-state index < -0.39 is 0 Å². The number of fused-ring (bicyclic) bond motifs is 4. The van der Waals surface area contributed by atoms with Gasteiger partial charge in [-0.05, 0) is 26.7 Å². The number of rotatable bonds is 5. The molecule has 5 nitrogen and oxygen atoms in total. The molecule has 5 heteroatoms. The van der Waals surface area contributed by atoms with E-state index in [1.54, 1.807) is 7.11 Å². The van der Waals surface area contributed by atoms with Gasteiger partial charge in [0.2, 0.25) is 0 Å². The third-order valence-electron chi connectivity index (χ3n) is 6.22. The first kappa shape index (κ1) is 14.2. The van der Waals surface area contributed by atoms with Gasteiger partial charge in [-0.15, -0.1) is 0 Å². The Kier molecular flexibility index (Phi) is 3.32. The van der Waals surface area contributed by atoms with Crippen molar-refractivity contribution in [3.63, 3.8) is 0 Å². The van der Waals surface area contributed by atoms with E-state index in [4.69, 9.17) is 25.1 Å². The zero-order valence-corrected chi connectivity index (χ0v) is 13.7. The van der Waals surface area contributed by atoms with Crippen molar-refractivity contribution < 1.29 is 25.1 Å². The van der Waals surface area contributed by atoms with Crippen LogP contribution < -0.4 is 0 Å². The Morgan fingerprint density at radius 3 is 2.45 bits per heavy atom. The van der Waals surface area contributed by atoms with E-state index in [0.29, 0.717) is 32.6 Å². The standard InChI is InChI=1S/C17H28O5/c1-10-14-11(2)21-16(10,8-19-14)6-5-13-15-12(3)22-17(13,7-18-4)9-20-15/h10-15H,5-9H2,1-4H3/i1T. The zero-order valence-electron chi connectivity index (χ0n) is 14.7. The Balaban J connectivity index is 1.48. The lowest BCUT2D eigenvalue weighted by Gasteiger charge is -2.34. The lowest BCUT2D eigenvalue weighted by atomic mass is 9.79. The van der Waals surface area contributed by atoms with Gasteiger partial charge in [0.1, 0.15) is 5.60 Å².